The smallest absolute Gasteiger partial charge is 0.221 e. The molecule has 0 saturated carbocycles. The van der Waals surface area contributed by atoms with Gasteiger partial charge in [-0.2, -0.15) is 0 Å². The number of ketones is 1. The predicted octanol–water partition coefficient (Wildman–Crippen LogP) is 1.35. The molecule has 0 fully saturated rings. The number of para-hydroxylation sites is 1. The number of aliphatic hydroxyl groups excluding tert-OH is 1. The molecule has 1 aromatic rings. The second-order valence-electron chi connectivity index (χ2n) is 3.24. The van der Waals surface area contributed by atoms with Gasteiger partial charge in [0.1, 0.15) is 5.82 Å². The Labute approximate surface area is 92.1 Å². The molecule has 1 aromatic carbocycles. The van der Waals surface area contributed by atoms with Crippen LogP contribution in [0.1, 0.15) is 23.7 Å². The fourth-order valence-corrected chi connectivity index (χ4v) is 1.30. The summed E-state index contributed by atoms with van der Waals surface area (Å²) < 4.78 is 13.4. The molecule has 0 aromatic heterocycles. The quantitative estimate of drug-likeness (QED) is 0.760. The minimum atomic E-state index is -0.668. The number of carbonyl (C=O) groups is 2. The van der Waals surface area contributed by atoms with Crippen LogP contribution < -0.4 is 5.32 Å². The number of anilines is 1. The number of rotatable bonds is 4. The first-order valence-electron chi connectivity index (χ1n) is 4.76. The molecule has 86 valence electrons. The largest absolute Gasteiger partial charge is 0.396 e. The molecule has 0 aliphatic carbocycles. The number of nitrogens with one attached hydrogen (secondary N) is 1. The van der Waals surface area contributed by atoms with Gasteiger partial charge in [0.2, 0.25) is 5.91 Å². The normalized spacial score (nSPS) is 9.94. The first-order valence-corrected chi connectivity index (χ1v) is 4.76. The Morgan fingerprint density at radius 3 is 2.69 bits per heavy atom. The number of hydrogen-bond acceptors (Lipinski definition) is 3. The third-order valence-electron chi connectivity index (χ3n) is 1.95. The number of carbonyl (C=O) groups excluding carboxylic acids is 2. The molecular weight excluding hydrogens is 213 g/mol. The van der Waals surface area contributed by atoms with E-state index in [2.05, 4.69) is 5.32 Å². The standard InChI is InChI=1S/C11H12FNO3/c1-7(15)13-11-8(10(16)5-6-14)3-2-4-9(11)12/h2-4,14H,5-6H2,1H3,(H,13,15). The van der Waals surface area contributed by atoms with Gasteiger partial charge in [0.25, 0.3) is 0 Å². The third kappa shape index (κ3) is 2.87. The second-order valence-corrected chi connectivity index (χ2v) is 3.24. The Morgan fingerprint density at radius 1 is 1.44 bits per heavy atom. The van der Waals surface area contributed by atoms with Gasteiger partial charge in [-0.1, -0.05) is 6.07 Å². The molecule has 0 radical (unpaired) electrons. The van der Waals surface area contributed by atoms with E-state index in [-0.39, 0.29) is 24.3 Å². The van der Waals surface area contributed by atoms with E-state index in [1.54, 1.807) is 0 Å². The van der Waals surface area contributed by atoms with Crippen molar-refractivity contribution >= 4 is 17.4 Å². The number of benzene rings is 1. The summed E-state index contributed by atoms with van der Waals surface area (Å²) in [5, 5.41) is 10.9. The highest BCUT2D eigenvalue weighted by Crippen LogP contribution is 2.21. The van der Waals surface area contributed by atoms with E-state index < -0.39 is 17.5 Å². The maximum atomic E-state index is 13.4. The van der Waals surface area contributed by atoms with Crippen LogP contribution in [0.4, 0.5) is 10.1 Å². The lowest BCUT2D eigenvalue weighted by Crippen LogP contribution is -2.13. The Kier molecular flexibility index (Phi) is 4.13. The molecule has 0 atom stereocenters. The molecule has 2 N–H and O–H groups in total. The summed E-state index contributed by atoms with van der Waals surface area (Å²) >= 11 is 0. The van der Waals surface area contributed by atoms with Crippen LogP contribution in [0.5, 0.6) is 0 Å². The number of Topliss-reactive ketones (excluding diaryl/α,β-unsaturated/α-hetero) is 1. The number of hydrogen-bond donors (Lipinski definition) is 2. The lowest BCUT2D eigenvalue weighted by molar-refractivity contribution is -0.114. The molecule has 5 heteroatoms. The summed E-state index contributed by atoms with van der Waals surface area (Å²) in [5.74, 6) is -1.53. The fourth-order valence-electron chi connectivity index (χ4n) is 1.30. The molecule has 0 heterocycles. The van der Waals surface area contributed by atoms with E-state index in [9.17, 15) is 14.0 Å². The number of halogens is 1. The SMILES string of the molecule is CC(=O)Nc1c(F)cccc1C(=O)CCO. The van der Waals surface area contributed by atoms with E-state index in [1.165, 1.54) is 19.1 Å². The fraction of sp³-hybridized carbons (Fsp3) is 0.273. The summed E-state index contributed by atoms with van der Waals surface area (Å²) in [4.78, 5) is 22.4. The van der Waals surface area contributed by atoms with E-state index in [4.69, 9.17) is 5.11 Å². The van der Waals surface area contributed by atoms with Crippen LogP contribution in [0, 0.1) is 5.82 Å². The summed E-state index contributed by atoms with van der Waals surface area (Å²) in [7, 11) is 0. The molecule has 1 rings (SSSR count). The van der Waals surface area contributed by atoms with Crippen molar-refractivity contribution in [3.8, 4) is 0 Å². The van der Waals surface area contributed by atoms with E-state index in [0.717, 1.165) is 6.07 Å². The summed E-state index contributed by atoms with van der Waals surface area (Å²) in [5.41, 5.74) is -0.0577. The Balaban J connectivity index is 3.11. The Bertz CT molecular complexity index is 418. The molecule has 0 aliphatic heterocycles. The predicted molar refractivity (Wildman–Crippen MR) is 56.7 cm³/mol. The van der Waals surface area contributed by atoms with Crippen molar-refractivity contribution < 1.29 is 19.1 Å². The van der Waals surface area contributed by atoms with Gasteiger partial charge in [-0.25, -0.2) is 4.39 Å². The molecule has 16 heavy (non-hydrogen) atoms. The van der Waals surface area contributed by atoms with Gasteiger partial charge in [-0.15, -0.1) is 0 Å². The second kappa shape index (κ2) is 5.37. The van der Waals surface area contributed by atoms with Gasteiger partial charge in [0, 0.05) is 18.9 Å². The zero-order chi connectivity index (χ0) is 12.1. The first kappa shape index (κ1) is 12.3. The van der Waals surface area contributed by atoms with E-state index in [0.29, 0.717) is 0 Å². The topological polar surface area (TPSA) is 66.4 Å². The zero-order valence-corrected chi connectivity index (χ0v) is 8.79. The Morgan fingerprint density at radius 2 is 2.12 bits per heavy atom. The Hall–Kier alpha value is -1.75. The highest BCUT2D eigenvalue weighted by molar-refractivity contribution is 6.04. The van der Waals surface area contributed by atoms with E-state index >= 15 is 0 Å². The van der Waals surface area contributed by atoms with Crippen LogP contribution in [0.2, 0.25) is 0 Å². The van der Waals surface area contributed by atoms with Crippen molar-refractivity contribution in [3.63, 3.8) is 0 Å². The zero-order valence-electron chi connectivity index (χ0n) is 8.79. The van der Waals surface area contributed by atoms with Gasteiger partial charge in [0.05, 0.1) is 12.3 Å². The summed E-state index contributed by atoms with van der Waals surface area (Å²) in [6, 6.07) is 3.94. The van der Waals surface area contributed by atoms with Crippen molar-refractivity contribution in [2.24, 2.45) is 0 Å². The van der Waals surface area contributed by atoms with Gasteiger partial charge >= 0.3 is 0 Å². The van der Waals surface area contributed by atoms with Crippen molar-refractivity contribution in [2.75, 3.05) is 11.9 Å². The summed E-state index contributed by atoms with van der Waals surface area (Å²) in [6.45, 7) is 0.918. The minimum absolute atomic E-state index is 0.0734. The number of aliphatic hydroxyl groups is 1. The molecular formula is C11H12FNO3. The monoisotopic (exact) mass is 225 g/mol. The number of amides is 1. The third-order valence-corrected chi connectivity index (χ3v) is 1.95. The van der Waals surface area contributed by atoms with Crippen molar-refractivity contribution in [3.05, 3.63) is 29.6 Å². The molecule has 0 aliphatic rings. The first-order chi connectivity index (χ1) is 7.56. The van der Waals surface area contributed by atoms with Crippen molar-refractivity contribution in [1.82, 2.24) is 0 Å². The highest BCUT2D eigenvalue weighted by Gasteiger charge is 2.15. The van der Waals surface area contributed by atoms with Crippen LogP contribution in [0.15, 0.2) is 18.2 Å². The highest BCUT2D eigenvalue weighted by atomic mass is 19.1. The molecule has 0 unspecified atom stereocenters. The van der Waals surface area contributed by atoms with Gasteiger partial charge in [-0.3, -0.25) is 9.59 Å². The van der Waals surface area contributed by atoms with Crippen molar-refractivity contribution in [2.45, 2.75) is 13.3 Å². The molecule has 4 nitrogen and oxygen atoms in total. The lowest BCUT2D eigenvalue weighted by atomic mass is 10.1. The van der Waals surface area contributed by atoms with Gasteiger partial charge in [0.15, 0.2) is 5.78 Å². The maximum absolute atomic E-state index is 13.4. The van der Waals surface area contributed by atoms with Crippen LogP contribution >= 0.6 is 0 Å². The minimum Gasteiger partial charge on any atom is -0.396 e. The molecule has 0 bridgehead atoms. The lowest BCUT2D eigenvalue weighted by Gasteiger charge is -2.09. The van der Waals surface area contributed by atoms with Crippen LogP contribution in [-0.2, 0) is 4.79 Å². The average molecular weight is 225 g/mol. The summed E-state index contributed by atoms with van der Waals surface area (Å²) in [6.07, 6.45) is -0.101. The molecule has 1 amide bonds. The van der Waals surface area contributed by atoms with Gasteiger partial charge < -0.3 is 10.4 Å². The van der Waals surface area contributed by atoms with Gasteiger partial charge in [-0.05, 0) is 12.1 Å². The molecule has 0 saturated heterocycles. The average Bonchev–Trinajstić information content (AvgIpc) is 2.20. The van der Waals surface area contributed by atoms with Crippen LogP contribution in [-0.4, -0.2) is 23.4 Å². The van der Waals surface area contributed by atoms with Crippen LogP contribution in [0.25, 0.3) is 0 Å². The van der Waals surface area contributed by atoms with Crippen LogP contribution in [0.3, 0.4) is 0 Å². The maximum Gasteiger partial charge on any atom is 0.221 e. The van der Waals surface area contributed by atoms with E-state index in [1.807, 2.05) is 0 Å². The molecule has 0 spiro atoms. The van der Waals surface area contributed by atoms with Crippen molar-refractivity contribution in [1.29, 1.82) is 0 Å².